The second-order valence-electron chi connectivity index (χ2n) is 5.71. The molecule has 0 fully saturated rings. The molecule has 0 unspecified atom stereocenters. The monoisotopic (exact) mass is 340 g/mol. The van der Waals surface area contributed by atoms with Crippen LogP contribution in [0.25, 0.3) is 0 Å². The Morgan fingerprint density at radius 3 is 2.08 bits per heavy atom. The van der Waals surface area contributed by atoms with Crippen LogP contribution in [0.5, 0.6) is 17.2 Å². The van der Waals surface area contributed by atoms with Gasteiger partial charge >= 0.3 is 0 Å². The standard InChI is InChI=1S/C20H24N2O3/c1-13-7-8-17(14(2)9-13)15(3)22-21-12-16-10-18(23-4)20(25-6)19(11-16)24-5/h7-12H,1-6H3/b21-12-,22-15-. The van der Waals surface area contributed by atoms with Crippen molar-refractivity contribution in [1.29, 1.82) is 0 Å². The SMILES string of the molecule is COc1cc(/C=N\N=C(\C)c2ccc(C)cc2C)cc(OC)c1OC. The van der Waals surface area contributed by atoms with Gasteiger partial charge in [-0.3, -0.25) is 0 Å². The van der Waals surface area contributed by atoms with Crippen LogP contribution in [0, 0.1) is 13.8 Å². The molecular weight excluding hydrogens is 316 g/mol. The van der Waals surface area contributed by atoms with Crippen LogP contribution >= 0.6 is 0 Å². The minimum absolute atomic E-state index is 0.553. The van der Waals surface area contributed by atoms with Crippen molar-refractivity contribution in [3.63, 3.8) is 0 Å². The summed E-state index contributed by atoms with van der Waals surface area (Å²) in [5, 5.41) is 8.51. The fourth-order valence-electron chi connectivity index (χ4n) is 2.63. The van der Waals surface area contributed by atoms with E-state index in [4.69, 9.17) is 14.2 Å². The second kappa shape index (κ2) is 8.33. The van der Waals surface area contributed by atoms with Gasteiger partial charge in [0, 0.05) is 11.1 Å². The molecule has 25 heavy (non-hydrogen) atoms. The van der Waals surface area contributed by atoms with Gasteiger partial charge in [-0.2, -0.15) is 10.2 Å². The molecule has 0 saturated carbocycles. The fourth-order valence-corrected chi connectivity index (χ4v) is 2.63. The lowest BCUT2D eigenvalue weighted by Gasteiger charge is -2.12. The highest BCUT2D eigenvalue weighted by Crippen LogP contribution is 2.37. The third kappa shape index (κ3) is 4.38. The summed E-state index contributed by atoms with van der Waals surface area (Å²) < 4.78 is 16.0. The van der Waals surface area contributed by atoms with E-state index in [0.29, 0.717) is 17.2 Å². The molecule has 2 rings (SSSR count). The fraction of sp³-hybridized carbons (Fsp3) is 0.300. The Morgan fingerprint density at radius 1 is 0.920 bits per heavy atom. The maximum atomic E-state index is 5.34. The summed E-state index contributed by atoms with van der Waals surface area (Å²) in [7, 11) is 4.74. The van der Waals surface area contributed by atoms with Crippen molar-refractivity contribution < 1.29 is 14.2 Å². The highest BCUT2D eigenvalue weighted by atomic mass is 16.5. The average molecular weight is 340 g/mol. The molecule has 2 aromatic rings. The van der Waals surface area contributed by atoms with Gasteiger partial charge in [0.25, 0.3) is 0 Å². The molecule has 5 heteroatoms. The van der Waals surface area contributed by atoms with E-state index in [0.717, 1.165) is 16.8 Å². The van der Waals surface area contributed by atoms with Crippen molar-refractivity contribution in [3.05, 3.63) is 52.6 Å². The van der Waals surface area contributed by atoms with Gasteiger partial charge in [-0.25, -0.2) is 0 Å². The van der Waals surface area contributed by atoms with E-state index in [1.807, 2.05) is 19.1 Å². The molecular formula is C20H24N2O3. The summed E-state index contributed by atoms with van der Waals surface area (Å²) in [6.45, 7) is 6.10. The van der Waals surface area contributed by atoms with Crippen LogP contribution in [-0.4, -0.2) is 33.3 Å². The number of hydrogen-bond acceptors (Lipinski definition) is 5. The van der Waals surface area contributed by atoms with E-state index in [9.17, 15) is 0 Å². The minimum atomic E-state index is 0.553. The Hall–Kier alpha value is -2.82. The largest absolute Gasteiger partial charge is 0.493 e. The lowest BCUT2D eigenvalue weighted by atomic mass is 10.0. The first-order valence-electron chi connectivity index (χ1n) is 7.95. The van der Waals surface area contributed by atoms with Gasteiger partial charge in [0.2, 0.25) is 5.75 Å². The van der Waals surface area contributed by atoms with Gasteiger partial charge in [0.05, 0.1) is 33.3 Å². The van der Waals surface area contributed by atoms with Crippen LogP contribution in [-0.2, 0) is 0 Å². The molecule has 0 N–H and O–H groups in total. The number of nitrogens with zero attached hydrogens (tertiary/aromatic N) is 2. The van der Waals surface area contributed by atoms with Crippen LogP contribution in [0.15, 0.2) is 40.5 Å². The van der Waals surface area contributed by atoms with Crippen molar-refractivity contribution in [2.75, 3.05) is 21.3 Å². The highest BCUT2D eigenvalue weighted by Gasteiger charge is 2.12. The topological polar surface area (TPSA) is 52.4 Å². The molecule has 5 nitrogen and oxygen atoms in total. The number of aryl methyl sites for hydroxylation is 2. The maximum absolute atomic E-state index is 5.34. The first-order valence-corrected chi connectivity index (χ1v) is 7.95. The van der Waals surface area contributed by atoms with Crippen LogP contribution < -0.4 is 14.2 Å². The molecule has 132 valence electrons. The van der Waals surface area contributed by atoms with E-state index in [-0.39, 0.29) is 0 Å². The van der Waals surface area contributed by atoms with Gasteiger partial charge < -0.3 is 14.2 Å². The Morgan fingerprint density at radius 2 is 1.56 bits per heavy atom. The zero-order chi connectivity index (χ0) is 18.4. The summed E-state index contributed by atoms with van der Waals surface area (Å²) in [6, 6.07) is 9.93. The van der Waals surface area contributed by atoms with Gasteiger partial charge in [0.1, 0.15) is 0 Å². The Labute approximate surface area is 149 Å². The number of benzene rings is 2. The maximum Gasteiger partial charge on any atom is 0.203 e. The molecule has 2 aromatic carbocycles. The Kier molecular flexibility index (Phi) is 6.17. The average Bonchev–Trinajstić information content (AvgIpc) is 2.60. The molecule has 0 saturated heterocycles. The molecule has 0 atom stereocenters. The summed E-state index contributed by atoms with van der Waals surface area (Å²) in [5.41, 5.74) is 5.18. The second-order valence-corrected chi connectivity index (χ2v) is 5.71. The third-order valence-electron chi connectivity index (χ3n) is 3.87. The normalized spacial score (nSPS) is 11.7. The summed E-state index contributed by atoms with van der Waals surface area (Å²) >= 11 is 0. The van der Waals surface area contributed by atoms with E-state index in [1.54, 1.807) is 27.5 Å². The molecule has 0 aliphatic rings. The van der Waals surface area contributed by atoms with Gasteiger partial charge in [0.15, 0.2) is 11.5 Å². The smallest absolute Gasteiger partial charge is 0.203 e. The van der Waals surface area contributed by atoms with E-state index < -0.39 is 0 Å². The minimum Gasteiger partial charge on any atom is -0.493 e. The van der Waals surface area contributed by atoms with Crippen molar-refractivity contribution in [2.24, 2.45) is 10.2 Å². The van der Waals surface area contributed by atoms with Crippen LogP contribution in [0.1, 0.15) is 29.2 Å². The zero-order valence-electron chi connectivity index (χ0n) is 15.6. The summed E-state index contributed by atoms with van der Waals surface area (Å²) in [6.07, 6.45) is 1.66. The van der Waals surface area contributed by atoms with E-state index in [1.165, 1.54) is 11.1 Å². The summed E-state index contributed by atoms with van der Waals surface area (Å²) in [5.74, 6) is 1.72. The van der Waals surface area contributed by atoms with Crippen molar-refractivity contribution in [1.82, 2.24) is 0 Å². The first-order chi connectivity index (χ1) is 12.0. The molecule has 0 aliphatic heterocycles. The highest BCUT2D eigenvalue weighted by molar-refractivity contribution is 6.00. The van der Waals surface area contributed by atoms with E-state index in [2.05, 4.69) is 42.2 Å². The lowest BCUT2D eigenvalue weighted by molar-refractivity contribution is 0.324. The molecule has 0 aliphatic carbocycles. The van der Waals surface area contributed by atoms with E-state index >= 15 is 0 Å². The quantitative estimate of drug-likeness (QED) is 0.586. The molecule has 0 amide bonds. The van der Waals surface area contributed by atoms with Crippen molar-refractivity contribution >= 4 is 11.9 Å². The molecule has 0 spiro atoms. The summed E-state index contributed by atoms with van der Waals surface area (Å²) in [4.78, 5) is 0. The van der Waals surface area contributed by atoms with Crippen LogP contribution in [0.3, 0.4) is 0 Å². The van der Waals surface area contributed by atoms with Crippen LogP contribution in [0.2, 0.25) is 0 Å². The zero-order valence-corrected chi connectivity index (χ0v) is 15.6. The number of rotatable bonds is 6. The first kappa shape index (κ1) is 18.5. The van der Waals surface area contributed by atoms with Gasteiger partial charge in [-0.1, -0.05) is 23.8 Å². The lowest BCUT2D eigenvalue weighted by Crippen LogP contribution is -1.98. The number of ether oxygens (including phenoxy) is 3. The number of methoxy groups -OCH3 is 3. The molecule has 0 aromatic heterocycles. The van der Waals surface area contributed by atoms with Crippen LogP contribution in [0.4, 0.5) is 0 Å². The molecule has 0 bridgehead atoms. The molecule has 0 radical (unpaired) electrons. The predicted molar refractivity (Wildman–Crippen MR) is 102 cm³/mol. The third-order valence-corrected chi connectivity index (χ3v) is 3.87. The Balaban J connectivity index is 2.29. The Bertz CT molecular complexity index is 786. The number of hydrogen-bond donors (Lipinski definition) is 0. The van der Waals surface area contributed by atoms with Crippen molar-refractivity contribution in [3.8, 4) is 17.2 Å². The van der Waals surface area contributed by atoms with Crippen molar-refractivity contribution in [2.45, 2.75) is 20.8 Å². The molecule has 0 heterocycles. The van der Waals surface area contributed by atoms with Gasteiger partial charge in [-0.05, 0) is 38.5 Å². The predicted octanol–water partition coefficient (Wildman–Crippen LogP) is 4.17. The van der Waals surface area contributed by atoms with Gasteiger partial charge in [-0.15, -0.1) is 0 Å².